The molecule has 1 aromatic heterocycles. The van der Waals surface area contributed by atoms with E-state index < -0.39 is 0 Å². The lowest BCUT2D eigenvalue weighted by atomic mass is 10.2. The third-order valence-corrected chi connectivity index (χ3v) is 2.84. The van der Waals surface area contributed by atoms with Crippen molar-refractivity contribution < 1.29 is 0 Å². The Hall–Kier alpha value is -0.610. The summed E-state index contributed by atoms with van der Waals surface area (Å²) < 4.78 is 0. The molecule has 0 unspecified atom stereocenters. The van der Waals surface area contributed by atoms with Gasteiger partial charge in [0.2, 0.25) is 10.6 Å². The van der Waals surface area contributed by atoms with E-state index in [-0.39, 0.29) is 10.6 Å². The van der Waals surface area contributed by atoms with Crippen LogP contribution in [0.3, 0.4) is 0 Å². The second kappa shape index (κ2) is 4.72. The molecule has 0 bridgehead atoms. The van der Waals surface area contributed by atoms with Crippen LogP contribution in [-0.2, 0) is 0 Å². The highest BCUT2D eigenvalue weighted by molar-refractivity contribution is 6.42. The summed E-state index contributed by atoms with van der Waals surface area (Å²) >= 11 is 23.0. The van der Waals surface area contributed by atoms with E-state index in [0.717, 1.165) is 0 Å². The van der Waals surface area contributed by atoms with E-state index in [1.165, 1.54) is 0 Å². The average molecular weight is 295 g/mol. The minimum Gasteiger partial charge on any atom is -0.198 e. The Kier molecular flexibility index (Phi) is 3.50. The molecule has 7 heteroatoms. The van der Waals surface area contributed by atoms with Crippen molar-refractivity contribution >= 4 is 46.4 Å². The zero-order chi connectivity index (χ0) is 11.7. The van der Waals surface area contributed by atoms with Crippen LogP contribution < -0.4 is 0 Å². The number of halogens is 4. The Morgan fingerprint density at radius 2 is 1.38 bits per heavy atom. The molecule has 1 heterocycles. The molecule has 0 saturated carbocycles. The average Bonchev–Trinajstić information content (AvgIpc) is 2.20. The summed E-state index contributed by atoms with van der Waals surface area (Å²) in [5.74, 6) is 0.351. The third-order valence-electron chi connectivity index (χ3n) is 1.76. The quantitative estimate of drug-likeness (QED) is 0.793. The van der Waals surface area contributed by atoms with E-state index in [1.807, 2.05) is 0 Å². The normalized spacial score (nSPS) is 10.5. The molecule has 0 amide bonds. The molecule has 0 aliphatic rings. The minimum atomic E-state index is 0.0288. The molecule has 0 atom stereocenters. The van der Waals surface area contributed by atoms with Crippen molar-refractivity contribution in [2.75, 3.05) is 0 Å². The molecule has 0 saturated heterocycles. The molecular weight excluding hydrogens is 292 g/mol. The topological polar surface area (TPSA) is 38.7 Å². The fraction of sp³-hybridized carbons (Fsp3) is 0. The molecule has 82 valence electrons. The molecule has 0 aliphatic carbocycles. The molecular formula is C9H3Cl4N3. The zero-order valence-corrected chi connectivity index (χ0v) is 10.6. The van der Waals surface area contributed by atoms with Crippen LogP contribution in [0, 0.1) is 0 Å². The van der Waals surface area contributed by atoms with Gasteiger partial charge in [-0.15, -0.1) is 0 Å². The summed E-state index contributed by atoms with van der Waals surface area (Å²) in [6.45, 7) is 0. The van der Waals surface area contributed by atoms with Gasteiger partial charge in [0.05, 0.1) is 10.0 Å². The maximum absolute atomic E-state index is 5.87. The van der Waals surface area contributed by atoms with Gasteiger partial charge in [0, 0.05) is 5.56 Å². The van der Waals surface area contributed by atoms with Crippen molar-refractivity contribution in [2.24, 2.45) is 0 Å². The molecule has 1 aromatic carbocycles. The van der Waals surface area contributed by atoms with Gasteiger partial charge in [0.25, 0.3) is 0 Å². The highest BCUT2D eigenvalue weighted by atomic mass is 35.5. The Morgan fingerprint density at radius 1 is 0.750 bits per heavy atom. The van der Waals surface area contributed by atoms with Crippen LogP contribution in [0.25, 0.3) is 11.4 Å². The van der Waals surface area contributed by atoms with Crippen LogP contribution in [0.5, 0.6) is 0 Å². The molecule has 0 N–H and O–H groups in total. The Balaban J connectivity index is 2.54. The van der Waals surface area contributed by atoms with Crippen LogP contribution in [0.15, 0.2) is 18.2 Å². The fourth-order valence-electron chi connectivity index (χ4n) is 1.09. The summed E-state index contributed by atoms with van der Waals surface area (Å²) in [5.41, 5.74) is 0.667. The van der Waals surface area contributed by atoms with Gasteiger partial charge in [-0.3, -0.25) is 0 Å². The molecule has 0 spiro atoms. The van der Waals surface area contributed by atoms with Crippen LogP contribution in [0.1, 0.15) is 0 Å². The van der Waals surface area contributed by atoms with E-state index >= 15 is 0 Å². The Bertz CT molecular complexity index is 524. The number of aromatic nitrogens is 3. The Labute approximate surface area is 111 Å². The second-order valence-corrected chi connectivity index (χ2v) is 4.32. The fourth-order valence-corrected chi connectivity index (χ4v) is 1.75. The van der Waals surface area contributed by atoms with Crippen LogP contribution >= 0.6 is 46.4 Å². The monoisotopic (exact) mass is 293 g/mol. The van der Waals surface area contributed by atoms with Gasteiger partial charge < -0.3 is 0 Å². The highest BCUT2D eigenvalue weighted by Gasteiger charge is 2.07. The highest BCUT2D eigenvalue weighted by Crippen LogP contribution is 2.27. The van der Waals surface area contributed by atoms with Gasteiger partial charge >= 0.3 is 0 Å². The summed E-state index contributed by atoms with van der Waals surface area (Å²) in [6.07, 6.45) is 0. The zero-order valence-electron chi connectivity index (χ0n) is 7.59. The maximum Gasteiger partial charge on any atom is 0.227 e. The number of hydrogen-bond donors (Lipinski definition) is 0. The minimum absolute atomic E-state index is 0.0288. The van der Waals surface area contributed by atoms with E-state index in [4.69, 9.17) is 46.4 Å². The standard InChI is InChI=1S/C9H3Cl4N3/c10-5-2-1-4(3-6(5)11)7-14-8(12)16-9(13)15-7/h1-3H. The van der Waals surface area contributed by atoms with Crippen molar-refractivity contribution in [3.05, 3.63) is 38.8 Å². The van der Waals surface area contributed by atoms with Crippen LogP contribution in [0.2, 0.25) is 20.6 Å². The van der Waals surface area contributed by atoms with Crippen molar-refractivity contribution in [1.82, 2.24) is 15.0 Å². The van der Waals surface area contributed by atoms with Gasteiger partial charge in [-0.2, -0.15) is 15.0 Å². The lowest BCUT2D eigenvalue weighted by molar-refractivity contribution is 1.06. The molecule has 3 nitrogen and oxygen atoms in total. The van der Waals surface area contributed by atoms with Gasteiger partial charge in [-0.25, -0.2) is 0 Å². The van der Waals surface area contributed by atoms with Gasteiger partial charge in [-0.1, -0.05) is 23.2 Å². The number of rotatable bonds is 1. The summed E-state index contributed by atoms with van der Waals surface area (Å²) in [4.78, 5) is 11.5. The van der Waals surface area contributed by atoms with Crippen molar-refractivity contribution in [3.63, 3.8) is 0 Å². The van der Waals surface area contributed by atoms with Gasteiger partial charge in [0.1, 0.15) is 0 Å². The molecule has 2 aromatic rings. The largest absolute Gasteiger partial charge is 0.227 e. The van der Waals surface area contributed by atoms with E-state index in [9.17, 15) is 0 Å². The first-order valence-electron chi connectivity index (χ1n) is 4.09. The molecule has 0 aliphatic heterocycles. The summed E-state index contributed by atoms with van der Waals surface area (Å²) in [7, 11) is 0. The number of hydrogen-bond acceptors (Lipinski definition) is 3. The number of nitrogens with zero attached hydrogens (tertiary/aromatic N) is 3. The van der Waals surface area contributed by atoms with Gasteiger partial charge in [0.15, 0.2) is 5.82 Å². The van der Waals surface area contributed by atoms with Crippen molar-refractivity contribution in [3.8, 4) is 11.4 Å². The first kappa shape index (κ1) is 11.9. The summed E-state index contributed by atoms with van der Waals surface area (Å²) in [5, 5.41) is 0.922. The van der Waals surface area contributed by atoms with E-state index in [2.05, 4.69) is 15.0 Å². The van der Waals surface area contributed by atoms with Crippen molar-refractivity contribution in [1.29, 1.82) is 0 Å². The van der Waals surface area contributed by atoms with E-state index in [0.29, 0.717) is 21.4 Å². The predicted octanol–water partition coefficient (Wildman–Crippen LogP) is 4.15. The molecule has 0 fully saturated rings. The second-order valence-electron chi connectivity index (χ2n) is 2.83. The Morgan fingerprint density at radius 3 is 1.94 bits per heavy atom. The van der Waals surface area contributed by atoms with Crippen LogP contribution in [0.4, 0.5) is 0 Å². The predicted molar refractivity (Wildman–Crippen MR) is 65.3 cm³/mol. The smallest absolute Gasteiger partial charge is 0.198 e. The van der Waals surface area contributed by atoms with Gasteiger partial charge in [-0.05, 0) is 41.4 Å². The lowest BCUT2D eigenvalue weighted by Crippen LogP contribution is -1.93. The number of benzene rings is 1. The first-order valence-corrected chi connectivity index (χ1v) is 5.60. The van der Waals surface area contributed by atoms with E-state index in [1.54, 1.807) is 18.2 Å². The lowest BCUT2D eigenvalue weighted by Gasteiger charge is -2.02. The first-order chi connectivity index (χ1) is 7.56. The third kappa shape index (κ3) is 2.55. The summed E-state index contributed by atoms with van der Waals surface area (Å²) in [6, 6.07) is 4.99. The van der Waals surface area contributed by atoms with Crippen LogP contribution in [-0.4, -0.2) is 15.0 Å². The SMILES string of the molecule is Clc1nc(Cl)nc(-c2ccc(Cl)c(Cl)c2)n1. The molecule has 0 radical (unpaired) electrons. The van der Waals surface area contributed by atoms with Crippen molar-refractivity contribution in [2.45, 2.75) is 0 Å². The molecule has 2 rings (SSSR count). The maximum atomic E-state index is 5.87. The molecule has 16 heavy (non-hydrogen) atoms.